The fourth-order valence-electron chi connectivity index (χ4n) is 0.532. The van der Waals surface area contributed by atoms with Crippen LogP contribution in [0.1, 0.15) is 0 Å². The van der Waals surface area contributed by atoms with Gasteiger partial charge >= 0.3 is 5.97 Å². The molecule has 0 saturated heterocycles. The van der Waals surface area contributed by atoms with Crippen molar-refractivity contribution in [3.05, 3.63) is 0 Å². The van der Waals surface area contributed by atoms with E-state index in [2.05, 4.69) is 10.1 Å². The average Bonchev–Trinajstić information content (AvgIpc) is 1.97. The van der Waals surface area contributed by atoms with Gasteiger partial charge in [0.25, 0.3) is 0 Å². The van der Waals surface area contributed by atoms with Crippen molar-refractivity contribution in [3.8, 4) is 0 Å². The Bertz CT molecular complexity index is 294. The number of ether oxygens (including phenoxy) is 1. The minimum atomic E-state index is -3.34. The standard InChI is InChI=1S/C6H11NO5S/c1-12-6(9)3-7-5(8)4-13(2,10)11/h3-4H2,1-2H3,(H,7,8). The maximum atomic E-state index is 10.8. The summed E-state index contributed by atoms with van der Waals surface area (Å²) >= 11 is 0. The van der Waals surface area contributed by atoms with E-state index in [1.807, 2.05) is 0 Å². The summed E-state index contributed by atoms with van der Waals surface area (Å²) in [6.45, 7) is -0.315. The van der Waals surface area contributed by atoms with E-state index in [0.29, 0.717) is 0 Å². The van der Waals surface area contributed by atoms with Crippen molar-refractivity contribution in [2.24, 2.45) is 0 Å². The highest BCUT2D eigenvalue weighted by Crippen LogP contribution is 1.81. The molecule has 0 heterocycles. The van der Waals surface area contributed by atoms with Crippen molar-refractivity contribution in [2.75, 3.05) is 25.7 Å². The van der Waals surface area contributed by atoms with Crippen LogP contribution in [0.25, 0.3) is 0 Å². The molecule has 0 aliphatic carbocycles. The SMILES string of the molecule is COC(=O)CNC(=O)CS(C)(=O)=O. The van der Waals surface area contributed by atoms with Crippen molar-refractivity contribution in [1.82, 2.24) is 5.32 Å². The van der Waals surface area contributed by atoms with Gasteiger partial charge in [-0.05, 0) is 0 Å². The second kappa shape index (κ2) is 4.80. The van der Waals surface area contributed by atoms with Crippen molar-refractivity contribution in [2.45, 2.75) is 0 Å². The second-order valence-electron chi connectivity index (χ2n) is 2.42. The van der Waals surface area contributed by atoms with E-state index in [1.54, 1.807) is 0 Å². The highest BCUT2D eigenvalue weighted by molar-refractivity contribution is 7.91. The Morgan fingerprint density at radius 1 is 1.38 bits per heavy atom. The van der Waals surface area contributed by atoms with E-state index >= 15 is 0 Å². The number of rotatable bonds is 4. The van der Waals surface area contributed by atoms with E-state index in [1.165, 1.54) is 7.11 Å². The van der Waals surface area contributed by atoms with Crippen LogP contribution in [-0.2, 0) is 24.2 Å². The molecule has 0 fully saturated rings. The highest BCUT2D eigenvalue weighted by Gasteiger charge is 2.11. The Kier molecular flexibility index (Phi) is 4.39. The lowest BCUT2D eigenvalue weighted by molar-refractivity contribution is -0.140. The normalized spacial score (nSPS) is 10.6. The lowest BCUT2D eigenvalue weighted by Crippen LogP contribution is -2.34. The molecule has 0 rings (SSSR count). The van der Waals surface area contributed by atoms with E-state index < -0.39 is 27.5 Å². The Labute approximate surface area is 76.2 Å². The number of amides is 1. The molecule has 0 aromatic rings. The van der Waals surface area contributed by atoms with E-state index in [9.17, 15) is 18.0 Å². The molecule has 1 N–H and O–H groups in total. The fourth-order valence-corrected chi connectivity index (χ4v) is 1.11. The zero-order valence-corrected chi connectivity index (χ0v) is 8.18. The lowest BCUT2D eigenvalue weighted by Gasteiger charge is -2.01. The Morgan fingerprint density at radius 3 is 2.31 bits per heavy atom. The molecule has 0 spiro atoms. The maximum Gasteiger partial charge on any atom is 0.325 e. The topological polar surface area (TPSA) is 89.5 Å². The number of nitrogens with one attached hydrogen (secondary N) is 1. The second-order valence-corrected chi connectivity index (χ2v) is 4.56. The highest BCUT2D eigenvalue weighted by atomic mass is 32.2. The van der Waals surface area contributed by atoms with Crippen LogP contribution < -0.4 is 5.32 Å². The quantitative estimate of drug-likeness (QED) is 0.558. The number of carbonyl (C=O) groups excluding carboxylic acids is 2. The summed E-state index contributed by atoms with van der Waals surface area (Å²) < 4.78 is 25.4. The van der Waals surface area contributed by atoms with Gasteiger partial charge in [-0.3, -0.25) is 9.59 Å². The summed E-state index contributed by atoms with van der Waals surface area (Å²) in [5.41, 5.74) is 0. The first-order valence-electron chi connectivity index (χ1n) is 3.36. The molecule has 0 atom stereocenters. The fraction of sp³-hybridized carbons (Fsp3) is 0.667. The molecule has 0 aliphatic rings. The summed E-state index contributed by atoms with van der Waals surface area (Å²) in [6.07, 6.45) is 0.935. The van der Waals surface area contributed by atoms with Gasteiger partial charge in [-0.1, -0.05) is 0 Å². The predicted molar refractivity (Wildman–Crippen MR) is 44.7 cm³/mol. The van der Waals surface area contributed by atoms with Crippen molar-refractivity contribution >= 4 is 21.7 Å². The molecule has 0 aromatic heterocycles. The van der Waals surface area contributed by atoms with Crippen LogP contribution in [0.3, 0.4) is 0 Å². The number of hydrogen-bond acceptors (Lipinski definition) is 5. The molecule has 76 valence electrons. The van der Waals surface area contributed by atoms with Crippen molar-refractivity contribution in [1.29, 1.82) is 0 Å². The van der Waals surface area contributed by atoms with Gasteiger partial charge in [0.2, 0.25) is 5.91 Å². The third-order valence-electron chi connectivity index (χ3n) is 1.05. The van der Waals surface area contributed by atoms with Gasteiger partial charge in [-0.15, -0.1) is 0 Å². The number of carbonyl (C=O) groups is 2. The van der Waals surface area contributed by atoms with Gasteiger partial charge in [0.15, 0.2) is 9.84 Å². The van der Waals surface area contributed by atoms with E-state index in [4.69, 9.17) is 0 Å². The van der Waals surface area contributed by atoms with Crippen LogP contribution in [0.4, 0.5) is 0 Å². The molecule has 7 heteroatoms. The molecule has 0 bridgehead atoms. The molecule has 6 nitrogen and oxygen atoms in total. The predicted octanol–water partition coefficient (Wildman–Crippen LogP) is -1.68. The number of esters is 1. The molecule has 0 unspecified atom stereocenters. The van der Waals surface area contributed by atoms with Crippen molar-refractivity contribution < 1.29 is 22.7 Å². The summed E-state index contributed by atoms with van der Waals surface area (Å²) in [5, 5.41) is 2.10. The molecule has 0 aromatic carbocycles. The van der Waals surface area contributed by atoms with Gasteiger partial charge < -0.3 is 10.1 Å². The zero-order chi connectivity index (χ0) is 10.5. The van der Waals surface area contributed by atoms with Crippen LogP contribution >= 0.6 is 0 Å². The first kappa shape index (κ1) is 11.9. The first-order valence-corrected chi connectivity index (χ1v) is 5.42. The van der Waals surface area contributed by atoms with Crippen LogP contribution in [0.5, 0.6) is 0 Å². The minimum Gasteiger partial charge on any atom is -0.468 e. The van der Waals surface area contributed by atoms with Gasteiger partial charge in [-0.2, -0.15) is 0 Å². The third-order valence-corrected chi connectivity index (χ3v) is 1.84. The molecular weight excluding hydrogens is 198 g/mol. The van der Waals surface area contributed by atoms with Gasteiger partial charge in [0.05, 0.1) is 7.11 Å². The first-order chi connectivity index (χ1) is 5.85. The Hall–Kier alpha value is -1.11. The number of hydrogen-bond donors (Lipinski definition) is 1. The molecule has 0 radical (unpaired) electrons. The summed E-state index contributed by atoms with van der Waals surface area (Å²) in [4.78, 5) is 21.3. The van der Waals surface area contributed by atoms with Crippen LogP contribution in [0, 0.1) is 0 Å². The molecule has 1 amide bonds. The smallest absolute Gasteiger partial charge is 0.325 e. The summed E-state index contributed by atoms with van der Waals surface area (Å²) in [7, 11) is -2.17. The largest absolute Gasteiger partial charge is 0.468 e. The van der Waals surface area contributed by atoms with Crippen LogP contribution in [0.15, 0.2) is 0 Å². The monoisotopic (exact) mass is 209 g/mol. The molecule has 13 heavy (non-hydrogen) atoms. The van der Waals surface area contributed by atoms with Crippen LogP contribution in [0.2, 0.25) is 0 Å². The summed E-state index contributed by atoms with van der Waals surface area (Å²) in [6, 6.07) is 0. The van der Waals surface area contributed by atoms with E-state index in [-0.39, 0.29) is 6.54 Å². The Morgan fingerprint density at radius 2 is 1.92 bits per heavy atom. The third kappa shape index (κ3) is 7.26. The molecule has 0 aliphatic heterocycles. The minimum absolute atomic E-state index is 0.315. The summed E-state index contributed by atoms with van der Waals surface area (Å²) in [5.74, 6) is -1.96. The number of methoxy groups -OCH3 is 1. The Balaban J connectivity index is 3.84. The van der Waals surface area contributed by atoms with Gasteiger partial charge in [0, 0.05) is 6.26 Å². The van der Waals surface area contributed by atoms with Gasteiger partial charge in [-0.25, -0.2) is 8.42 Å². The van der Waals surface area contributed by atoms with Crippen molar-refractivity contribution in [3.63, 3.8) is 0 Å². The average molecular weight is 209 g/mol. The molecule has 0 saturated carbocycles. The van der Waals surface area contributed by atoms with E-state index in [0.717, 1.165) is 6.26 Å². The zero-order valence-electron chi connectivity index (χ0n) is 7.36. The van der Waals surface area contributed by atoms with Crippen LogP contribution in [-0.4, -0.2) is 46.0 Å². The van der Waals surface area contributed by atoms with Gasteiger partial charge in [0.1, 0.15) is 12.3 Å². The maximum absolute atomic E-state index is 10.8. The lowest BCUT2D eigenvalue weighted by atomic mass is 10.6. The molecular formula is C6H11NO5S. The number of sulfone groups is 1.